The lowest BCUT2D eigenvalue weighted by Gasteiger charge is -2.38. The number of halogens is 1. The van der Waals surface area contributed by atoms with E-state index in [-0.39, 0.29) is 0 Å². The van der Waals surface area contributed by atoms with Crippen LogP contribution in [0.2, 0.25) is 0 Å². The van der Waals surface area contributed by atoms with Gasteiger partial charge in [0.2, 0.25) is 5.95 Å². The zero-order valence-electron chi connectivity index (χ0n) is 27.1. The van der Waals surface area contributed by atoms with E-state index in [4.69, 9.17) is 14.5 Å². The first-order valence-electron chi connectivity index (χ1n) is 15.8. The average Bonchev–Trinajstić information content (AvgIpc) is 3.51. The molecule has 4 aromatic rings. The Hall–Kier alpha value is -3.31. The molecule has 11 nitrogen and oxygen atoms in total. The summed E-state index contributed by atoms with van der Waals surface area (Å²) in [5.41, 5.74) is 5.07. The van der Waals surface area contributed by atoms with Crippen molar-refractivity contribution in [3.63, 3.8) is 0 Å². The maximum Gasteiger partial charge on any atom is 0.229 e. The van der Waals surface area contributed by atoms with Crippen LogP contribution in [0, 0.1) is 6.92 Å². The third-order valence-corrected chi connectivity index (χ3v) is 10.9. The Morgan fingerprint density at radius 1 is 1.02 bits per heavy atom. The number of piperidine rings is 1. The van der Waals surface area contributed by atoms with Crippen molar-refractivity contribution in [3.05, 3.63) is 52.9 Å². The van der Waals surface area contributed by atoms with Crippen molar-refractivity contribution in [1.29, 1.82) is 0 Å². The minimum atomic E-state index is -2.73. The highest BCUT2D eigenvalue weighted by Gasteiger charge is 2.31. The number of anilines is 5. The van der Waals surface area contributed by atoms with Crippen molar-refractivity contribution in [2.75, 3.05) is 68.8 Å². The van der Waals surface area contributed by atoms with Crippen molar-refractivity contribution in [2.24, 2.45) is 0 Å². The second-order valence-electron chi connectivity index (χ2n) is 12.3. The lowest BCUT2D eigenvalue weighted by atomic mass is 10.0. The SMILES string of the molecule is CCO[C@H]1CCN(C2CCN(c3cc(OC)c(Nc4ncc(Br)c(Nc5ccc6nccnc6c5P(C)(C)=O)n4)cc3C)CC2)C1. The molecule has 2 fully saturated rings. The first-order chi connectivity index (χ1) is 22.1. The number of methoxy groups -OCH3 is 1. The molecule has 0 aliphatic carbocycles. The highest BCUT2D eigenvalue weighted by atomic mass is 79.9. The topological polar surface area (TPSA) is 118 Å². The lowest BCUT2D eigenvalue weighted by molar-refractivity contribution is 0.0626. The van der Waals surface area contributed by atoms with Crippen molar-refractivity contribution in [2.45, 2.75) is 45.3 Å². The lowest BCUT2D eigenvalue weighted by Crippen LogP contribution is -2.44. The Morgan fingerprint density at radius 3 is 2.54 bits per heavy atom. The van der Waals surface area contributed by atoms with E-state index in [0.717, 1.165) is 69.0 Å². The quantitative estimate of drug-likeness (QED) is 0.180. The molecule has 46 heavy (non-hydrogen) atoms. The number of ether oxygens (including phenoxy) is 2. The fourth-order valence-electron chi connectivity index (χ4n) is 6.64. The molecule has 244 valence electrons. The van der Waals surface area contributed by atoms with Crippen molar-refractivity contribution >= 4 is 68.2 Å². The smallest absolute Gasteiger partial charge is 0.229 e. The van der Waals surface area contributed by atoms with Crippen LogP contribution in [0.1, 0.15) is 31.7 Å². The summed E-state index contributed by atoms with van der Waals surface area (Å²) in [6.07, 6.45) is 8.73. The number of nitrogens with one attached hydrogen (secondary N) is 2. The molecule has 2 aliphatic heterocycles. The number of likely N-dealkylation sites (tertiary alicyclic amines) is 1. The first-order valence-corrected chi connectivity index (χ1v) is 19.2. The van der Waals surface area contributed by atoms with Crippen LogP contribution in [-0.2, 0) is 9.30 Å². The van der Waals surface area contributed by atoms with Gasteiger partial charge in [-0.3, -0.25) is 14.9 Å². The minimum absolute atomic E-state index is 0.383. The van der Waals surface area contributed by atoms with Crippen LogP contribution in [-0.4, -0.2) is 90.2 Å². The maximum absolute atomic E-state index is 13.4. The fourth-order valence-corrected chi connectivity index (χ4v) is 8.33. The van der Waals surface area contributed by atoms with E-state index in [0.29, 0.717) is 50.4 Å². The van der Waals surface area contributed by atoms with Crippen LogP contribution in [0.3, 0.4) is 0 Å². The monoisotopic (exact) mass is 708 g/mol. The van der Waals surface area contributed by atoms with E-state index in [1.807, 2.05) is 12.1 Å². The molecule has 4 heterocycles. The summed E-state index contributed by atoms with van der Waals surface area (Å²) < 4.78 is 25.8. The number of hydrogen-bond donors (Lipinski definition) is 2. The summed E-state index contributed by atoms with van der Waals surface area (Å²) in [5.74, 6) is 1.64. The summed E-state index contributed by atoms with van der Waals surface area (Å²) in [6.45, 7) is 12.7. The average molecular weight is 710 g/mol. The van der Waals surface area contributed by atoms with Gasteiger partial charge in [-0.05, 0) is 86.1 Å². The summed E-state index contributed by atoms with van der Waals surface area (Å²) >= 11 is 3.58. The third-order valence-electron chi connectivity index (χ3n) is 8.81. The van der Waals surface area contributed by atoms with Crippen LogP contribution in [0.5, 0.6) is 5.75 Å². The predicted octanol–water partition coefficient (Wildman–Crippen LogP) is 6.31. The van der Waals surface area contributed by atoms with Crippen LogP contribution < -0.4 is 25.6 Å². The summed E-state index contributed by atoms with van der Waals surface area (Å²) in [4.78, 5) is 23.2. The van der Waals surface area contributed by atoms with Gasteiger partial charge in [-0.2, -0.15) is 4.98 Å². The molecule has 6 rings (SSSR count). The molecule has 2 aromatic carbocycles. The number of nitrogens with zero attached hydrogens (tertiary/aromatic N) is 6. The second kappa shape index (κ2) is 13.8. The van der Waals surface area contributed by atoms with E-state index >= 15 is 0 Å². The molecule has 0 amide bonds. The van der Waals surface area contributed by atoms with Crippen LogP contribution in [0.4, 0.5) is 28.8 Å². The van der Waals surface area contributed by atoms with Gasteiger partial charge in [0.05, 0.1) is 39.9 Å². The van der Waals surface area contributed by atoms with E-state index in [2.05, 4.69) is 77.3 Å². The molecular formula is C33H42BrN8O3P. The van der Waals surface area contributed by atoms with E-state index in [1.165, 1.54) is 5.69 Å². The number of rotatable bonds is 10. The largest absolute Gasteiger partial charge is 0.494 e. The number of fused-ring (bicyclic) bond motifs is 1. The zero-order valence-corrected chi connectivity index (χ0v) is 29.6. The van der Waals surface area contributed by atoms with Crippen molar-refractivity contribution < 1.29 is 14.0 Å². The van der Waals surface area contributed by atoms with Crippen molar-refractivity contribution in [1.82, 2.24) is 24.8 Å². The van der Waals surface area contributed by atoms with Gasteiger partial charge < -0.3 is 29.6 Å². The normalized spacial score (nSPS) is 17.9. The number of benzene rings is 2. The van der Waals surface area contributed by atoms with Gasteiger partial charge in [-0.1, -0.05) is 0 Å². The molecule has 2 aromatic heterocycles. The molecule has 0 saturated carbocycles. The zero-order chi connectivity index (χ0) is 32.4. The van der Waals surface area contributed by atoms with E-state index in [1.54, 1.807) is 39.0 Å². The number of hydrogen-bond acceptors (Lipinski definition) is 11. The second-order valence-corrected chi connectivity index (χ2v) is 16.3. The van der Waals surface area contributed by atoms with Gasteiger partial charge in [0.25, 0.3) is 0 Å². The number of aryl methyl sites for hydroxylation is 1. The molecule has 2 aliphatic rings. The Bertz CT molecular complexity index is 1760. The van der Waals surface area contributed by atoms with Crippen LogP contribution >= 0.6 is 23.1 Å². The van der Waals surface area contributed by atoms with Gasteiger partial charge in [0, 0.05) is 69.2 Å². The molecule has 13 heteroatoms. The predicted molar refractivity (Wildman–Crippen MR) is 189 cm³/mol. The summed E-state index contributed by atoms with van der Waals surface area (Å²) in [5, 5.41) is 7.35. The van der Waals surface area contributed by atoms with E-state index in [9.17, 15) is 4.57 Å². The summed E-state index contributed by atoms with van der Waals surface area (Å²) in [6, 6.07) is 8.54. The molecule has 0 unspecified atom stereocenters. The van der Waals surface area contributed by atoms with Crippen LogP contribution in [0.25, 0.3) is 11.0 Å². The van der Waals surface area contributed by atoms with Crippen LogP contribution in [0.15, 0.2) is 47.3 Å². The first kappa shape index (κ1) is 32.6. The van der Waals surface area contributed by atoms with Gasteiger partial charge in [-0.25, -0.2) is 4.98 Å². The Balaban J connectivity index is 1.19. The van der Waals surface area contributed by atoms with Crippen molar-refractivity contribution in [3.8, 4) is 5.75 Å². The molecule has 2 N–H and O–H groups in total. The van der Waals surface area contributed by atoms with Gasteiger partial charge in [0.15, 0.2) is 0 Å². The fraction of sp³-hybridized carbons (Fsp3) is 0.455. The molecule has 0 bridgehead atoms. The maximum atomic E-state index is 13.4. The Labute approximate surface area is 279 Å². The molecule has 2 saturated heterocycles. The highest BCUT2D eigenvalue weighted by molar-refractivity contribution is 9.10. The minimum Gasteiger partial charge on any atom is -0.494 e. The summed E-state index contributed by atoms with van der Waals surface area (Å²) in [7, 11) is -1.05. The van der Waals surface area contributed by atoms with Gasteiger partial charge in [0.1, 0.15) is 24.2 Å². The molecule has 1 atom stereocenters. The standard InChI is InChI=1S/C33H42BrN8O3P/c1-6-45-23-11-16-42(20-23)22-9-14-41(15-10-22)28-18-29(44-3)27(17-21(28)2)39-33-37-19-24(34)32(40-33)38-26-8-7-25-30(36-13-12-35-25)31(26)46(4,5)43/h7-8,12-13,17-19,22-23H,6,9-11,14-16,20H2,1-5H3,(H2,37,38,39,40)/t23-/m0/s1. The number of aromatic nitrogens is 4. The highest BCUT2D eigenvalue weighted by Crippen LogP contribution is 2.42. The third kappa shape index (κ3) is 7.00. The Morgan fingerprint density at radius 2 is 1.80 bits per heavy atom. The molecule has 0 spiro atoms. The van der Waals surface area contributed by atoms with E-state index < -0.39 is 7.14 Å². The molecular weight excluding hydrogens is 667 g/mol. The Kier molecular flexibility index (Phi) is 9.80. The molecule has 0 radical (unpaired) electrons. The van der Waals surface area contributed by atoms with Gasteiger partial charge >= 0.3 is 0 Å². The van der Waals surface area contributed by atoms with Gasteiger partial charge in [-0.15, -0.1) is 0 Å².